The molecule has 0 fully saturated rings. The maximum Gasteiger partial charge on any atom is 0.163 e. The van der Waals surface area contributed by atoms with Crippen molar-refractivity contribution in [3.05, 3.63) is 60.0 Å². The van der Waals surface area contributed by atoms with Crippen molar-refractivity contribution in [1.29, 1.82) is 5.26 Å². The van der Waals surface area contributed by atoms with E-state index in [0.29, 0.717) is 18.1 Å². The van der Waals surface area contributed by atoms with Crippen molar-refractivity contribution in [1.82, 2.24) is 15.2 Å². The molecule has 0 bridgehead atoms. The largest absolute Gasteiger partial charge is 0.363 e. The Labute approximate surface area is 115 Å². The first-order valence-corrected chi connectivity index (χ1v) is 6.17. The van der Waals surface area contributed by atoms with Crippen molar-refractivity contribution >= 4 is 16.6 Å². The van der Waals surface area contributed by atoms with Gasteiger partial charge in [-0.05, 0) is 23.6 Å². The van der Waals surface area contributed by atoms with Gasteiger partial charge in [-0.2, -0.15) is 5.26 Å². The maximum absolute atomic E-state index is 8.67. The Kier molecular flexibility index (Phi) is 3.21. The molecule has 0 radical (unpaired) electrons. The molecule has 20 heavy (non-hydrogen) atoms. The van der Waals surface area contributed by atoms with Gasteiger partial charge in [0.1, 0.15) is 11.9 Å². The van der Waals surface area contributed by atoms with Crippen LogP contribution in [0.4, 0.5) is 5.82 Å². The van der Waals surface area contributed by atoms with Crippen LogP contribution in [0.1, 0.15) is 11.4 Å². The first kappa shape index (κ1) is 12.1. The number of hydrogen-bond donors (Lipinski definition) is 1. The lowest BCUT2D eigenvalue weighted by molar-refractivity contribution is 0.973. The Balaban J connectivity index is 1.81. The van der Waals surface area contributed by atoms with E-state index in [9.17, 15) is 0 Å². The van der Waals surface area contributed by atoms with E-state index < -0.39 is 0 Å². The molecule has 0 aliphatic heterocycles. The number of rotatable bonds is 3. The van der Waals surface area contributed by atoms with Crippen LogP contribution in [-0.2, 0) is 6.54 Å². The quantitative estimate of drug-likeness (QED) is 0.784. The molecule has 0 aliphatic rings. The van der Waals surface area contributed by atoms with Gasteiger partial charge in [0.15, 0.2) is 5.69 Å². The Morgan fingerprint density at radius 1 is 1.05 bits per heavy atom. The normalized spacial score (nSPS) is 10.2. The van der Waals surface area contributed by atoms with Gasteiger partial charge in [-0.3, -0.25) is 4.98 Å². The van der Waals surface area contributed by atoms with E-state index in [1.54, 1.807) is 18.3 Å². The molecule has 0 atom stereocenters. The van der Waals surface area contributed by atoms with Crippen LogP contribution in [0.2, 0.25) is 0 Å². The van der Waals surface area contributed by atoms with Gasteiger partial charge in [0.05, 0.1) is 12.2 Å². The van der Waals surface area contributed by atoms with Crippen LogP contribution in [0.3, 0.4) is 0 Å². The average molecular weight is 261 g/mol. The van der Waals surface area contributed by atoms with Crippen LogP contribution in [-0.4, -0.2) is 15.2 Å². The summed E-state index contributed by atoms with van der Waals surface area (Å²) in [7, 11) is 0. The Morgan fingerprint density at radius 2 is 1.95 bits per heavy atom. The molecule has 96 valence electrons. The minimum Gasteiger partial charge on any atom is -0.363 e. The summed E-state index contributed by atoms with van der Waals surface area (Å²) < 4.78 is 0. The SMILES string of the molecule is N#Cc1ccc(NCc2nccc3ccccc23)nn1. The third-order valence-corrected chi connectivity index (χ3v) is 2.97. The minimum absolute atomic E-state index is 0.304. The highest BCUT2D eigenvalue weighted by Crippen LogP contribution is 2.17. The second-order valence-corrected chi connectivity index (χ2v) is 4.25. The summed E-state index contributed by atoms with van der Waals surface area (Å²) in [6.07, 6.45) is 1.80. The van der Waals surface area contributed by atoms with Gasteiger partial charge in [0.2, 0.25) is 0 Å². The van der Waals surface area contributed by atoms with Crippen molar-refractivity contribution in [2.75, 3.05) is 5.32 Å². The van der Waals surface area contributed by atoms with Gasteiger partial charge in [0.25, 0.3) is 0 Å². The lowest BCUT2D eigenvalue weighted by Crippen LogP contribution is -2.04. The maximum atomic E-state index is 8.67. The molecule has 0 aliphatic carbocycles. The number of nitrogens with one attached hydrogen (secondary N) is 1. The first-order chi connectivity index (χ1) is 9.86. The third kappa shape index (κ3) is 2.40. The molecule has 5 heteroatoms. The highest BCUT2D eigenvalue weighted by molar-refractivity contribution is 5.84. The summed E-state index contributed by atoms with van der Waals surface area (Å²) in [4.78, 5) is 4.39. The van der Waals surface area contributed by atoms with Crippen LogP contribution in [0, 0.1) is 11.3 Å². The molecule has 2 heterocycles. The second kappa shape index (κ2) is 5.33. The Morgan fingerprint density at radius 3 is 2.75 bits per heavy atom. The van der Waals surface area contributed by atoms with Crippen LogP contribution in [0.15, 0.2) is 48.7 Å². The van der Waals surface area contributed by atoms with Gasteiger partial charge in [0, 0.05) is 11.6 Å². The van der Waals surface area contributed by atoms with Gasteiger partial charge in [-0.1, -0.05) is 24.3 Å². The molecule has 0 spiro atoms. The molecule has 2 aromatic heterocycles. The number of nitriles is 1. The second-order valence-electron chi connectivity index (χ2n) is 4.25. The smallest absolute Gasteiger partial charge is 0.163 e. The molecule has 0 saturated carbocycles. The fourth-order valence-corrected chi connectivity index (χ4v) is 1.98. The van der Waals surface area contributed by atoms with E-state index in [1.165, 1.54) is 0 Å². The fraction of sp³-hybridized carbons (Fsp3) is 0.0667. The molecule has 0 unspecified atom stereocenters. The minimum atomic E-state index is 0.304. The summed E-state index contributed by atoms with van der Waals surface area (Å²) in [6.45, 7) is 0.557. The highest BCUT2D eigenvalue weighted by Gasteiger charge is 2.02. The van der Waals surface area contributed by atoms with Gasteiger partial charge >= 0.3 is 0 Å². The van der Waals surface area contributed by atoms with Gasteiger partial charge in [-0.15, -0.1) is 10.2 Å². The number of aromatic nitrogens is 3. The number of hydrogen-bond acceptors (Lipinski definition) is 5. The molecule has 3 aromatic rings. The zero-order chi connectivity index (χ0) is 13.8. The van der Waals surface area contributed by atoms with E-state index in [2.05, 4.69) is 26.6 Å². The zero-order valence-corrected chi connectivity index (χ0v) is 10.6. The topological polar surface area (TPSA) is 74.5 Å². The first-order valence-electron chi connectivity index (χ1n) is 6.17. The summed E-state index contributed by atoms with van der Waals surface area (Å²) in [5, 5.41) is 21.8. The van der Waals surface area contributed by atoms with E-state index in [4.69, 9.17) is 5.26 Å². The van der Waals surface area contributed by atoms with Crippen molar-refractivity contribution in [3.8, 4) is 6.07 Å². The number of nitrogens with zero attached hydrogens (tertiary/aromatic N) is 4. The van der Waals surface area contributed by atoms with E-state index in [0.717, 1.165) is 16.5 Å². The summed E-state index contributed by atoms with van der Waals surface area (Å²) >= 11 is 0. The van der Waals surface area contributed by atoms with E-state index >= 15 is 0 Å². The molecule has 0 saturated heterocycles. The third-order valence-electron chi connectivity index (χ3n) is 2.97. The number of pyridine rings is 1. The lowest BCUT2D eigenvalue weighted by Gasteiger charge is -2.07. The fourth-order valence-electron chi connectivity index (χ4n) is 1.98. The molecular weight excluding hydrogens is 250 g/mol. The molecule has 3 rings (SSSR count). The van der Waals surface area contributed by atoms with E-state index in [-0.39, 0.29) is 0 Å². The van der Waals surface area contributed by atoms with Crippen molar-refractivity contribution < 1.29 is 0 Å². The average Bonchev–Trinajstić information content (AvgIpc) is 2.53. The molecular formula is C15H11N5. The molecule has 0 amide bonds. The molecule has 1 N–H and O–H groups in total. The van der Waals surface area contributed by atoms with Crippen molar-refractivity contribution in [2.24, 2.45) is 0 Å². The molecule has 5 nitrogen and oxygen atoms in total. The molecule has 1 aromatic carbocycles. The Hall–Kier alpha value is -3.00. The van der Waals surface area contributed by atoms with Crippen LogP contribution in [0.25, 0.3) is 10.8 Å². The highest BCUT2D eigenvalue weighted by atomic mass is 15.2. The van der Waals surface area contributed by atoms with Gasteiger partial charge < -0.3 is 5.32 Å². The van der Waals surface area contributed by atoms with Crippen LogP contribution in [0.5, 0.6) is 0 Å². The van der Waals surface area contributed by atoms with Crippen molar-refractivity contribution in [2.45, 2.75) is 6.54 Å². The zero-order valence-electron chi connectivity index (χ0n) is 10.6. The number of fused-ring (bicyclic) bond motifs is 1. The predicted molar refractivity (Wildman–Crippen MR) is 75.8 cm³/mol. The summed E-state index contributed by atoms with van der Waals surface area (Å²) in [6, 6.07) is 15.4. The summed E-state index contributed by atoms with van der Waals surface area (Å²) in [5.74, 6) is 0.624. The number of benzene rings is 1. The van der Waals surface area contributed by atoms with Crippen molar-refractivity contribution in [3.63, 3.8) is 0 Å². The standard InChI is InChI=1S/C15H11N5/c16-9-12-5-6-15(20-19-12)18-10-14-13-4-2-1-3-11(13)7-8-17-14/h1-8H,10H2,(H,18,20). The number of anilines is 1. The Bertz CT molecular complexity index is 769. The van der Waals surface area contributed by atoms with Crippen LogP contribution >= 0.6 is 0 Å². The summed E-state index contributed by atoms with van der Waals surface area (Å²) in [5.41, 5.74) is 1.26. The predicted octanol–water partition coefficient (Wildman–Crippen LogP) is 2.51. The van der Waals surface area contributed by atoms with Crippen LogP contribution < -0.4 is 5.32 Å². The lowest BCUT2D eigenvalue weighted by atomic mass is 10.1. The van der Waals surface area contributed by atoms with E-state index in [1.807, 2.05) is 30.3 Å². The monoisotopic (exact) mass is 261 g/mol. The van der Waals surface area contributed by atoms with Gasteiger partial charge in [-0.25, -0.2) is 0 Å².